The Labute approximate surface area is 129 Å². The Balaban J connectivity index is 1.85. The van der Waals surface area contributed by atoms with Crippen LogP contribution in [0.25, 0.3) is 0 Å². The molecule has 1 aromatic heterocycles. The fourth-order valence-electron chi connectivity index (χ4n) is 2.45. The molecule has 1 aliphatic heterocycles. The molecule has 0 saturated carbocycles. The number of nitrogens with one attached hydrogen (secondary N) is 1. The lowest BCUT2D eigenvalue weighted by Crippen LogP contribution is -2.29. The number of halogens is 2. The zero-order valence-electron chi connectivity index (χ0n) is 11.2. The van der Waals surface area contributed by atoms with Crippen LogP contribution in [-0.2, 0) is 0 Å². The van der Waals surface area contributed by atoms with Gasteiger partial charge in [-0.1, -0.05) is 11.3 Å². The molecule has 21 heavy (non-hydrogen) atoms. The van der Waals surface area contributed by atoms with Crippen molar-refractivity contribution in [3.8, 4) is 0 Å². The molecule has 0 radical (unpaired) electrons. The summed E-state index contributed by atoms with van der Waals surface area (Å²) in [6.45, 7) is 1.85. The molecule has 0 bridgehead atoms. The molecule has 1 saturated heterocycles. The van der Waals surface area contributed by atoms with E-state index >= 15 is 0 Å². The van der Waals surface area contributed by atoms with E-state index in [4.69, 9.17) is 0 Å². The largest absolute Gasteiger partial charge is 0.317 e. The van der Waals surface area contributed by atoms with Gasteiger partial charge in [0.2, 0.25) is 5.78 Å². The van der Waals surface area contributed by atoms with E-state index in [-0.39, 0.29) is 21.8 Å². The Kier molecular flexibility index (Phi) is 4.12. The van der Waals surface area contributed by atoms with Crippen molar-refractivity contribution < 1.29 is 9.18 Å². The summed E-state index contributed by atoms with van der Waals surface area (Å²) < 4.78 is 15.9. The first-order valence-corrected chi connectivity index (χ1v) is 7.57. The van der Waals surface area contributed by atoms with E-state index in [1.54, 1.807) is 23.0 Å². The molecule has 5 nitrogen and oxygen atoms in total. The number of benzene rings is 1. The average molecular weight is 353 g/mol. The summed E-state index contributed by atoms with van der Waals surface area (Å²) in [5.74, 6) is -1.02. The molecule has 0 atom stereocenters. The minimum absolute atomic E-state index is 0.00161. The zero-order chi connectivity index (χ0) is 14.8. The van der Waals surface area contributed by atoms with Gasteiger partial charge in [0, 0.05) is 0 Å². The van der Waals surface area contributed by atoms with Crippen molar-refractivity contribution in [1.29, 1.82) is 0 Å². The van der Waals surface area contributed by atoms with Gasteiger partial charge < -0.3 is 5.32 Å². The van der Waals surface area contributed by atoms with Crippen LogP contribution in [0.4, 0.5) is 4.39 Å². The van der Waals surface area contributed by atoms with Gasteiger partial charge in [0.15, 0.2) is 5.69 Å². The second-order valence-corrected chi connectivity index (χ2v) is 5.85. The molecule has 1 fully saturated rings. The number of hydrogen-bond acceptors (Lipinski definition) is 4. The number of nitrogens with zero attached hydrogens (tertiary/aromatic N) is 3. The SMILES string of the molecule is O=C(c1cn(C2CCNCC2)nn1)c1cccc(Br)c1F. The van der Waals surface area contributed by atoms with Crippen LogP contribution in [-0.4, -0.2) is 33.9 Å². The average Bonchev–Trinajstić information content (AvgIpc) is 3.00. The summed E-state index contributed by atoms with van der Waals surface area (Å²) in [6, 6.07) is 4.87. The van der Waals surface area contributed by atoms with Crippen molar-refractivity contribution >= 4 is 21.7 Å². The Bertz CT molecular complexity index is 667. The Hall–Kier alpha value is -1.60. The molecule has 0 amide bonds. The molecule has 110 valence electrons. The third-order valence-electron chi connectivity index (χ3n) is 3.62. The van der Waals surface area contributed by atoms with E-state index in [9.17, 15) is 9.18 Å². The van der Waals surface area contributed by atoms with E-state index in [1.807, 2.05) is 0 Å². The van der Waals surface area contributed by atoms with Gasteiger partial charge in [0.25, 0.3) is 0 Å². The van der Waals surface area contributed by atoms with Crippen LogP contribution < -0.4 is 5.32 Å². The minimum atomic E-state index is -0.570. The number of rotatable bonds is 3. The van der Waals surface area contributed by atoms with E-state index < -0.39 is 11.6 Å². The van der Waals surface area contributed by atoms with Crippen molar-refractivity contribution in [2.45, 2.75) is 18.9 Å². The number of aromatic nitrogens is 3. The Morgan fingerprint density at radius 2 is 2.14 bits per heavy atom. The maximum Gasteiger partial charge on any atom is 0.217 e. The first-order valence-electron chi connectivity index (χ1n) is 6.78. The quantitative estimate of drug-likeness (QED) is 0.861. The molecular weight excluding hydrogens is 339 g/mol. The molecule has 2 aromatic rings. The summed E-state index contributed by atoms with van der Waals surface area (Å²) >= 11 is 3.08. The highest BCUT2D eigenvalue weighted by molar-refractivity contribution is 9.10. The predicted octanol–water partition coefficient (Wildman–Crippen LogP) is 2.34. The molecule has 0 unspecified atom stereocenters. The van der Waals surface area contributed by atoms with Gasteiger partial charge in [-0.3, -0.25) is 4.79 Å². The standard InChI is InChI=1S/C14H14BrFN4O/c15-11-3-1-2-10(13(11)16)14(21)12-8-20(19-18-12)9-4-6-17-7-5-9/h1-3,8-9,17H,4-7H2. The number of carbonyl (C=O) groups is 1. The topological polar surface area (TPSA) is 59.8 Å². The van der Waals surface area contributed by atoms with Gasteiger partial charge in [0.1, 0.15) is 5.82 Å². The van der Waals surface area contributed by atoms with E-state index in [1.165, 1.54) is 6.07 Å². The lowest BCUT2D eigenvalue weighted by molar-refractivity contribution is 0.103. The zero-order valence-corrected chi connectivity index (χ0v) is 12.8. The van der Waals surface area contributed by atoms with Crippen LogP contribution in [0.3, 0.4) is 0 Å². The van der Waals surface area contributed by atoms with E-state index in [0.29, 0.717) is 0 Å². The summed E-state index contributed by atoms with van der Waals surface area (Å²) in [7, 11) is 0. The smallest absolute Gasteiger partial charge is 0.217 e. The molecule has 1 aliphatic rings. The van der Waals surface area contributed by atoms with Gasteiger partial charge in [-0.25, -0.2) is 9.07 Å². The molecule has 2 heterocycles. The number of ketones is 1. The number of hydrogen-bond donors (Lipinski definition) is 1. The number of carbonyl (C=O) groups excluding carboxylic acids is 1. The maximum atomic E-state index is 14.0. The van der Waals surface area contributed by atoms with Gasteiger partial charge in [-0.15, -0.1) is 5.10 Å². The summed E-state index contributed by atoms with van der Waals surface area (Å²) in [5.41, 5.74) is 0.173. The second-order valence-electron chi connectivity index (χ2n) is 5.00. The van der Waals surface area contributed by atoms with Crippen molar-refractivity contribution in [3.05, 3.63) is 45.9 Å². The highest BCUT2D eigenvalue weighted by Crippen LogP contribution is 2.22. The molecular formula is C14H14BrFN4O. The highest BCUT2D eigenvalue weighted by Gasteiger charge is 2.21. The predicted molar refractivity (Wildman–Crippen MR) is 78.7 cm³/mol. The second kappa shape index (κ2) is 6.03. The molecule has 7 heteroatoms. The van der Waals surface area contributed by atoms with Crippen molar-refractivity contribution in [2.75, 3.05) is 13.1 Å². The van der Waals surface area contributed by atoms with Crippen LogP contribution in [0.15, 0.2) is 28.9 Å². The van der Waals surface area contributed by atoms with Crippen LogP contribution in [0.5, 0.6) is 0 Å². The summed E-state index contributed by atoms with van der Waals surface area (Å²) in [5, 5.41) is 11.2. The lowest BCUT2D eigenvalue weighted by atomic mass is 10.1. The highest BCUT2D eigenvalue weighted by atomic mass is 79.9. The van der Waals surface area contributed by atoms with E-state index in [0.717, 1.165) is 25.9 Å². The monoisotopic (exact) mass is 352 g/mol. The number of piperidine rings is 1. The lowest BCUT2D eigenvalue weighted by Gasteiger charge is -2.22. The van der Waals surface area contributed by atoms with Gasteiger partial charge in [0.05, 0.1) is 22.3 Å². The fraction of sp³-hybridized carbons (Fsp3) is 0.357. The van der Waals surface area contributed by atoms with Crippen molar-refractivity contribution in [1.82, 2.24) is 20.3 Å². The summed E-state index contributed by atoms with van der Waals surface area (Å²) in [4.78, 5) is 12.3. The van der Waals surface area contributed by atoms with E-state index in [2.05, 4.69) is 31.6 Å². The van der Waals surface area contributed by atoms with Crippen LogP contribution >= 0.6 is 15.9 Å². The van der Waals surface area contributed by atoms with Crippen molar-refractivity contribution in [3.63, 3.8) is 0 Å². The van der Waals surface area contributed by atoms with Gasteiger partial charge in [-0.2, -0.15) is 0 Å². The summed E-state index contributed by atoms with van der Waals surface area (Å²) in [6.07, 6.45) is 3.50. The van der Waals surface area contributed by atoms with Crippen molar-refractivity contribution in [2.24, 2.45) is 0 Å². The first-order chi connectivity index (χ1) is 10.2. The Morgan fingerprint density at radius 1 is 1.38 bits per heavy atom. The molecule has 1 N–H and O–H groups in total. The van der Waals surface area contributed by atoms with Gasteiger partial charge in [-0.05, 0) is 54.0 Å². The van der Waals surface area contributed by atoms with Crippen LogP contribution in [0.1, 0.15) is 34.9 Å². The fourth-order valence-corrected chi connectivity index (χ4v) is 2.81. The normalized spacial score (nSPS) is 16.1. The van der Waals surface area contributed by atoms with Crippen LogP contribution in [0.2, 0.25) is 0 Å². The minimum Gasteiger partial charge on any atom is -0.317 e. The van der Waals surface area contributed by atoms with Crippen LogP contribution in [0, 0.1) is 5.82 Å². The molecule has 3 rings (SSSR count). The Morgan fingerprint density at radius 3 is 2.90 bits per heavy atom. The third kappa shape index (κ3) is 2.89. The molecule has 1 aromatic carbocycles. The maximum absolute atomic E-state index is 14.0. The van der Waals surface area contributed by atoms with Gasteiger partial charge >= 0.3 is 0 Å². The molecule has 0 spiro atoms. The third-order valence-corrected chi connectivity index (χ3v) is 4.23. The first kappa shape index (κ1) is 14.3. The molecule has 0 aliphatic carbocycles.